The minimum absolute atomic E-state index is 0. The van der Waals surface area contributed by atoms with Gasteiger partial charge < -0.3 is 14.5 Å². The molecule has 2 heterocycles. The predicted molar refractivity (Wildman–Crippen MR) is 102 cm³/mol. The second-order valence-electron chi connectivity index (χ2n) is 7.51. The number of H-pyrrole nitrogens is 1. The molecule has 4 heteroatoms. The van der Waals surface area contributed by atoms with Crippen molar-refractivity contribution in [1.82, 2.24) is 4.98 Å². The van der Waals surface area contributed by atoms with Crippen molar-refractivity contribution in [3.8, 4) is 11.5 Å². The van der Waals surface area contributed by atoms with Crippen molar-refractivity contribution in [2.24, 2.45) is 0 Å². The molecule has 4 nitrogen and oxygen atoms in total. The van der Waals surface area contributed by atoms with Crippen LogP contribution in [0.5, 0.6) is 11.5 Å². The molecule has 1 aliphatic heterocycles. The Labute approximate surface area is 153 Å². The van der Waals surface area contributed by atoms with Crippen molar-refractivity contribution in [2.75, 3.05) is 6.79 Å². The van der Waals surface area contributed by atoms with Crippen LogP contribution in [0.25, 0.3) is 10.9 Å². The lowest BCUT2D eigenvalue weighted by atomic mass is 9.87. The van der Waals surface area contributed by atoms with Gasteiger partial charge in [0, 0.05) is 24.4 Å². The summed E-state index contributed by atoms with van der Waals surface area (Å²) >= 11 is 0. The largest absolute Gasteiger partial charge is 0.454 e. The molecule has 1 aromatic heterocycles. The Morgan fingerprint density at radius 3 is 2.73 bits per heavy atom. The standard InChI is InChI=1S/C22H21NO3.H2/c1-13-14(2)23-18-5-3-15(9-17(13)18)10-21(24)22(7-8-22)16-4-6-19-20(11-16)26-12-25-19;/h3-6,9,11,23H,7-8,10,12H2,1-2H3;1H. The van der Waals surface area contributed by atoms with Gasteiger partial charge in [-0.25, -0.2) is 0 Å². The first-order valence-corrected chi connectivity index (χ1v) is 9.08. The molecule has 0 saturated heterocycles. The first-order chi connectivity index (χ1) is 12.6. The highest BCUT2D eigenvalue weighted by Crippen LogP contribution is 2.51. The number of benzene rings is 2. The van der Waals surface area contributed by atoms with E-state index in [0.29, 0.717) is 12.2 Å². The van der Waals surface area contributed by atoms with Crippen molar-refractivity contribution in [3.63, 3.8) is 0 Å². The fourth-order valence-electron chi connectivity index (χ4n) is 4.02. The van der Waals surface area contributed by atoms with Crippen molar-refractivity contribution in [2.45, 2.75) is 38.5 Å². The molecule has 3 aromatic rings. The molecule has 0 radical (unpaired) electrons. The molecule has 134 valence electrons. The summed E-state index contributed by atoms with van der Waals surface area (Å²) < 4.78 is 10.9. The molecule has 2 aliphatic rings. The maximum atomic E-state index is 13.1. The molecule has 0 unspecified atom stereocenters. The molecule has 0 amide bonds. The van der Waals surface area contributed by atoms with E-state index in [2.05, 4.69) is 37.0 Å². The number of carbonyl (C=O) groups excluding carboxylic acids is 1. The SMILES string of the molecule is Cc1[nH]c2ccc(CC(=O)C3(c4ccc5c(c4)OCO5)CC3)cc2c1C.[HH]. The molecule has 26 heavy (non-hydrogen) atoms. The fourth-order valence-corrected chi connectivity index (χ4v) is 4.02. The molecule has 5 rings (SSSR count). The van der Waals surface area contributed by atoms with Gasteiger partial charge in [-0.15, -0.1) is 0 Å². The Morgan fingerprint density at radius 2 is 1.92 bits per heavy atom. The van der Waals surface area contributed by atoms with Crippen LogP contribution < -0.4 is 9.47 Å². The summed E-state index contributed by atoms with van der Waals surface area (Å²) in [5.41, 5.74) is 5.36. The monoisotopic (exact) mass is 349 g/mol. The number of fused-ring (bicyclic) bond motifs is 2. The minimum atomic E-state index is -0.348. The van der Waals surface area contributed by atoms with E-state index in [-0.39, 0.29) is 13.6 Å². The third-order valence-corrected chi connectivity index (χ3v) is 5.95. The van der Waals surface area contributed by atoms with Gasteiger partial charge in [0.2, 0.25) is 6.79 Å². The van der Waals surface area contributed by atoms with Gasteiger partial charge in [0.15, 0.2) is 11.5 Å². The van der Waals surface area contributed by atoms with Gasteiger partial charge >= 0.3 is 0 Å². The van der Waals surface area contributed by atoms with E-state index >= 15 is 0 Å². The zero-order valence-electron chi connectivity index (χ0n) is 15.0. The van der Waals surface area contributed by atoms with E-state index in [4.69, 9.17) is 9.47 Å². The van der Waals surface area contributed by atoms with E-state index < -0.39 is 0 Å². The molecule has 1 aliphatic carbocycles. The molecule has 1 N–H and O–H groups in total. The summed E-state index contributed by atoms with van der Waals surface area (Å²) in [5, 5.41) is 1.21. The van der Waals surface area contributed by atoms with Gasteiger partial charge in [-0.3, -0.25) is 4.79 Å². The highest BCUT2D eigenvalue weighted by atomic mass is 16.7. The number of aromatic nitrogens is 1. The number of aromatic amines is 1. The Hall–Kier alpha value is -2.75. The minimum Gasteiger partial charge on any atom is -0.454 e. The smallest absolute Gasteiger partial charge is 0.231 e. The van der Waals surface area contributed by atoms with Crippen LogP contribution in [0.4, 0.5) is 0 Å². The number of rotatable bonds is 4. The summed E-state index contributed by atoms with van der Waals surface area (Å²) in [4.78, 5) is 16.5. The van der Waals surface area contributed by atoms with Crippen LogP contribution in [0.2, 0.25) is 0 Å². The van der Waals surface area contributed by atoms with Crippen molar-refractivity contribution < 1.29 is 15.7 Å². The maximum absolute atomic E-state index is 13.1. The van der Waals surface area contributed by atoms with Crippen LogP contribution in [0.1, 0.15) is 36.7 Å². The molecule has 1 saturated carbocycles. The average molecular weight is 349 g/mol. The third-order valence-electron chi connectivity index (χ3n) is 5.95. The number of hydrogen-bond donors (Lipinski definition) is 1. The Bertz CT molecular complexity index is 1050. The van der Waals surface area contributed by atoms with E-state index in [1.54, 1.807) is 0 Å². The summed E-state index contributed by atoms with van der Waals surface area (Å²) in [6.45, 7) is 4.46. The topological polar surface area (TPSA) is 51.3 Å². The zero-order valence-corrected chi connectivity index (χ0v) is 15.0. The molecule has 0 bridgehead atoms. The van der Waals surface area contributed by atoms with Gasteiger partial charge in [-0.2, -0.15) is 0 Å². The first kappa shape index (κ1) is 15.5. The molecule has 0 spiro atoms. The van der Waals surface area contributed by atoms with Gasteiger partial charge in [-0.1, -0.05) is 12.1 Å². The van der Waals surface area contributed by atoms with Gasteiger partial charge in [0.1, 0.15) is 5.78 Å². The summed E-state index contributed by atoms with van der Waals surface area (Å²) in [6.07, 6.45) is 2.29. The van der Waals surface area contributed by atoms with Crippen LogP contribution in [0, 0.1) is 13.8 Å². The molecule has 1 fully saturated rings. The Balaban J connectivity index is 0.00000180. The number of nitrogens with one attached hydrogen (secondary N) is 1. The second-order valence-corrected chi connectivity index (χ2v) is 7.51. The van der Waals surface area contributed by atoms with Crippen molar-refractivity contribution in [1.29, 1.82) is 0 Å². The highest BCUT2D eigenvalue weighted by molar-refractivity contribution is 5.95. The summed E-state index contributed by atoms with van der Waals surface area (Å²) in [6, 6.07) is 12.2. The first-order valence-electron chi connectivity index (χ1n) is 9.08. The van der Waals surface area contributed by atoms with E-state index in [1.165, 1.54) is 16.6 Å². The van der Waals surface area contributed by atoms with Crippen molar-refractivity contribution >= 4 is 16.7 Å². The number of hydrogen-bond acceptors (Lipinski definition) is 3. The maximum Gasteiger partial charge on any atom is 0.231 e. The lowest BCUT2D eigenvalue weighted by Crippen LogP contribution is -2.22. The highest BCUT2D eigenvalue weighted by Gasteiger charge is 2.50. The lowest BCUT2D eigenvalue weighted by molar-refractivity contribution is -0.120. The van der Waals surface area contributed by atoms with Gasteiger partial charge in [0.25, 0.3) is 0 Å². The summed E-state index contributed by atoms with van der Waals surface area (Å²) in [5.74, 6) is 1.81. The van der Waals surface area contributed by atoms with Crippen LogP contribution >= 0.6 is 0 Å². The van der Waals surface area contributed by atoms with Crippen LogP contribution in [-0.4, -0.2) is 17.6 Å². The Kier molecular flexibility index (Phi) is 3.20. The number of ether oxygens (including phenoxy) is 2. The lowest BCUT2D eigenvalue weighted by Gasteiger charge is -2.15. The zero-order chi connectivity index (χ0) is 17.9. The van der Waals surface area contributed by atoms with Gasteiger partial charge in [0.05, 0.1) is 5.41 Å². The van der Waals surface area contributed by atoms with E-state index in [9.17, 15) is 4.79 Å². The fraction of sp³-hybridized carbons (Fsp3) is 0.318. The summed E-state index contributed by atoms with van der Waals surface area (Å²) in [7, 11) is 0. The average Bonchev–Trinajstić information content (AvgIpc) is 3.24. The number of ketones is 1. The van der Waals surface area contributed by atoms with Crippen LogP contribution in [0.3, 0.4) is 0 Å². The molecular formula is C22H23NO3. The molecular weight excluding hydrogens is 326 g/mol. The number of carbonyl (C=O) groups is 1. The number of Topliss-reactive ketones (excluding diaryl/α,β-unsaturated/α-hetero) is 1. The van der Waals surface area contributed by atoms with Gasteiger partial charge in [-0.05, 0) is 67.6 Å². The normalized spacial score (nSPS) is 16.8. The van der Waals surface area contributed by atoms with E-state index in [1.807, 2.05) is 18.2 Å². The van der Waals surface area contributed by atoms with Crippen molar-refractivity contribution in [3.05, 3.63) is 58.8 Å². The second kappa shape index (κ2) is 5.37. The van der Waals surface area contributed by atoms with Crippen LogP contribution in [0.15, 0.2) is 36.4 Å². The third kappa shape index (κ3) is 2.25. The molecule has 2 aromatic carbocycles. The predicted octanol–water partition coefficient (Wildman–Crippen LogP) is 4.60. The quantitative estimate of drug-likeness (QED) is 0.749. The Morgan fingerprint density at radius 1 is 1.12 bits per heavy atom. The number of aryl methyl sites for hydroxylation is 2. The van der Waals surface area contributed by atoms with E-state index in [0.717, 1.165) is 41.0 Å². The van der Waals surface area contributed by atoms with Crippen LogP contribution in [-0.2, 0) is 16.6 Å². The molecule has 0 atom stereocenters.